The van der Waals surface area contributed by atoms with Gasteiger partial charge >= 0.3 is 0 Å². The Labute approximate surface area is 113 Å². The number of nitrogens with one attached hydrogen (secondary N) is 2. The highest BCUT2D eigenvalue weighted by Gasteiger charge is 2.22. The van der Waals surface area contributed by atoms with Crippen LogP contribution in [0, 0.1) is 19.8 Å². The summed E-state index contributed by atoms with van der Waals surface area (Å²) in [6.45, 7) is 5.31. The third-order valence-corrected chi connectivity index (χ3v) is 4.66. The van der Waals surface area contributed by atoms with Crippen LogP contribution in [0.25, 0.3) is 0 Å². The van der Waals surface area contributed by atoms with Crippen molar-refractivity contribution >= 4 is 16.0 Å². The van der Waals surface area contributed by atoms with Crippen LogP contribution in [-0.4, -0.2) is 42.4 Å². The van der Waals surface area contributed by atoms with Crippen LogP contribution in [0.2, 0.25) is 0 Å². The van der Waals surface area contributed by atoms with E-state index in [1.807, 2.05) is 0 Å². The Bertz CT molecular complexity index is 540. The summed E-state index contributed by atoms with van der Waals surface area (Å²) in [5.41, 5.74) is 1.37. The molecule has 1 aliphatic heterocycles. The van der Waals surface area contributed by atoms with E-state index in [9.17, 15) is 8.42 Å². The van der Waals surface area contributed by atoms with Gasteiger partial charge in [-0.1, -0.05) is 0 Å². The van der Waals surface area contributed by atoms with Gasteiger partial charge in [0.25, 0.3) is 5.95 Å². The highest BCUT2D eigenvalue weighted by Crippen LogP contribution is 2.15. The van der Waals surface area contributed by atoms with Crippen molar-refractivity contribution in [2.45, 2.75) is 26.7 Å². The molecule has 1 aromatic heterocycles. The third kappa shape index (κ3) is 4.10. The minimum atomic E-state index is -3.41. The Morgan fingerprint density at radius 3 is 2.53 bits per heavy atom. The fraction of sp³-hybridized carbons (Fsp3) is 0.727. The number of sulfonamides is 1. The van der Waals surface area contributed by atoms with Crippen LogP contribution in [0.15, 0.2) is 0 Å². The third-order valence-electron chi connectivity index (χ3n) is 3.25. The van der Waals surface area contributed by atoms with Crippen LogP contribution in [0.5, 0.6) is 0 Å². The van der Waals surface area contributed by atoms with Gasteiger partial charge in [0.1, 0.15) is 0 Å². The normalized spacial score (nSPS) is 17.4. The minimum Gasteiger partial charge on any atom is -0.317 e. The SMILES string of the molecule is Cc1nnc(NS(=O)(=O)CC2CCNCC2)nc1C. The van der Waals surface area contributed by atoms with Gasteiger partial charge in [-0.25, -0.2) is 18.1 Å². The molecule has 0 spiro atoms. The quantitative estimate of drug-likeness (QED) is 0.822. The maximum atomic E-state index is 12.0. The van der Waals surface area contributed by atoms with E-state index in [4.69, 9.17) is 0 Å². The zero-order valence-electron chi connectivity index (χ0n) is 11.2. The predicted octanol–water partition coefficient (Wildman–Crippen LogP) is 0.230. The summed E-state index contributed by atoms with van der Waals surface area (Å²) in [4.78, 5) is 4.07. The van der Waals surface area contributed by atoms with Crippen LogP contribution in [0.1, 0.15) is 24.2 Å². The summed E-state index contributed by atoms with van der Waals surface area (Å²) in [6, 6.07) is 0. The molecule has 0 radical (unpaired) electrons. The Kier molecular flexibility index (Phi) is 4.31. The molecular weight excluding hydrogens is 266 g/mol. The van der Waals surface area contributed by atoms with Gasteiger partial charge in [0, 0.05) is 0 Å². The van der Waals surface area contributed by atoms with Crippen molar-refractivity contribution in [2.24, 2.45) is 5.92 Å². The summed E-state index contributed by atoms with van der Waals surface area (Å²) in [7, 11) is -3.41. The molecular formula is C11H19N5O2S. The molecule has 0 aliphatic carbocycles. The molecule has 7 nitrogen and oxygen atoms in total. The summed E-state index contributed by atoms with van der Waals surface area (Å²) in [5.74, 6) is 0.362. The summed E-state index contributed by atoms with van der Waals surface area (Å²) >= 11 is 0. The predicted molar refractivity (Wildman–Crippen MR) is 72.3 cm³/mol. The van der Waals surface area contributed by atoms with Gasteiger partial charge in [-0.3, -0.25) is 0 Å². The first kappa shape index (κ1) is 14.1. The first-order chi connectivity index (χ1) is 8.96. The molecule has 2 heterocycles. The average Bonchev–Trinajstić information content (AvgIpc) is 2.34. The van der Waals surface area contributed by atoms with Crippen molar-refractivity contribution in [2.75, 3.05) is 23.6 Å². The van der Waals surface area contributed by atoms with Crippen molar-refractivity contribution in [1.82, 2.24) is 20.5 Å². The minimum absolute atomic E-state index is 0.0528. The van der Waals surface area contributed by atoms with E-state index in [0.717, 1.165) is 25.9 Å². The number of nitrogens with zero attached hydrogens (tertiary/aromatic N) is 3. The monoisotopic (exact) mass is 285 g/mol. The van der Waals surface area contributed by atoms with Crippen molar-refractivity contribution < 1.29 is 8.42 Å². The first-order valence-corrected chi connectivity index (χ1v) is 8.00. The molecule has 0 aromatic carbocycles. The standard InChI is InChI=1S/C11H19N5O2S/c1-8-9(2)14-15-11(13-8)16-19(17,18)7-10-3-5-12-6-4-10/h10,12H,3-7H2,1-2H3,(H,13,15,16). The van der Waals surface area contributed by atoms with Gasteiger partial charge in [-0.15, -0.1) is 5.10 Å². The maximum Gasteiger partial charge on any atom is 0.256 e. The zero-order chi connectivity index (χ0) is 13.9. The summed E-state index contributed by atoms with van der Waals surface area (Å²) in [5, 5.41) is 10.8. The highest BCUT2D eigenvalue weighted by atomic mass is 32.2. The van der Waals surface area contributed by atoms with E-state index in [1.54, 1.807) is 13.8 Å². The molecule has 0 saturated carbocycles. The van der Waals surface area contributed by atoms with E-state index >= 15 is 0 Å². The molecule has 1 fully saturated rings. The molecule has 8 heteroatoms. The Balaban J connectivity index is 2.01. The van der Waals surface area contributed by atoms with Crippen molar-refractivity contribution in [1.29, 1.82) is 0 Å². The van der Waals surface area contributed by atoms with Gasteiger partial charge < -0.3 is 5.32 Å². The molecule has 19 heavy (non-hydrogen) atoms. The fourth-order valence-electron chi connectivity index (χ4n) is 2.04. The second-order valence-corrected chi connectivity index (χ2v) is 6.65. The lowest BCUT2D eigenvalue weighted by Crippen LogP contribution is -2.33. The van der Waals surface area contributed by atoms with Gasteiger partial charge in [-0.05, 0) is 45.7 Å². The topological polar surface area (TPSA) is 96.9 Å². The number of aryl methyl sites for hydroxylation is 2. The van der Waals surface area contributed by atoms with Crippen LogP contribution < -0.4 is 10.0 Å². The van der Waals surface area contributed by atoms with Gasteiger partial charge in [0.15, 0.2) is 0 Å². The molecule has 106 valence electrons. The van der Waals surface area contributed by atoms with Gasteiger partial charge in [0.05, 0.1) is 17.1 Å². The van der Waals surface area contributed by atoms with Crippen LogP contribution in [0.3, 0.4) is 0 Å². The lowest BCUT2D eigenvalue weighted by Gasteiger charge is -2.22. The molecule has 1 aromatic rings. The molecule has 0 atom stereocenters. The number of rotatable bonds is 4. The fourth-order valence-corrected chi connectivity index (χ4v) is 3.44. The lowest BCUT2D eigenvalue weighted by molar-refractivity contribution is 0.402. The van der Waals surface area contributed by atoms with Gasteiger partial charge in [0.2, 0.25) is 10.0 Å². The largest absolute Gasteiger partial charge is 0.317 e. The van der Waals surface area contributed by atoms with Crippen LogP contribution >= 0.6 is 0 Å². The number of hydrogen-bond donors (Lipinski definition) is 2. The second-order valence-electron chi connectivity index (χ2n) is 4.88. The Morgan fingerprint density at radius 1 is 1.21 bits per heavy atom. The maximum absolute atomic E-state index is 12.0. The van der Waals surface area contributed by atoms with Gasteiger partial charge in [-0.2, -0.15) is 5.10 Å². The Hall–Kier alpha value is -1.28. The van der Waals surface area contributed by atoms with E-state index in [1.165, 1.54) is 0 Å². The summed E-state index contributed by atoms with van der Waals surface area (Å²) < 4.78 is 26.5. The van der Waals surface area contributed by atoms with E-state index in [-0.39, 0.29) is 17.6 Å². The van der Waals surface area contributed by atoms with E-state index < -0.39 is 10.0 Å². The van der Waals surface area contributed by atoms with Crippen LogP contribution in [0.4, 0.5) is 5.95 Å². The molecule has 0 unspecified atom stereocenters. The molecule has 1 saturated heterocycles. The molecule has 0 amide bonds. The summed E-state index contributed by atoms with van der Waals surface area (Å²) in [6.07, 6.45) is 1.76. The first-order valence-electron chi connectivity index (χ1n) is 6.35. The smallest absolute Gasteiger partial charge is 0.256 e. The number of hydrogen-bond acceptors (Lipinski definition) is 6. The van der Waals surface area contributed by atoms with Crippen molar-refractivity contribution in [3.63, 3.8) is 0 Å². The lowest BCUT2D eigenvalue weighted by atomic mass is 10.0. The average molecular weight is 285 g/mol. The molecule has 1 aliphatic rings. The Morgan fingerprint density at radius 2 is 1.89 bits per heavy atom. The zero-order valence-corrected chi connectivity index (χ0v) is 12.0. The molecule has 0 bridgehead atoms. The van der Waals surface area contributed by atoms with E-state index in [2.05, 4.69) is 25.2 Å². The van der Waals surface area contributed by atoms with Crippen LogP contribution in [-0.2, 0) is 10.0 Å². The molecule has 2 N–H and O–H groups in total. The van der Waals surface area contributed by atoms with Crippen molar-refractivity contribution in [3.8, 4) is 0 Å². The van der Waals surface area contributed by atoms with Crippen molar-refractivity contribution in [3.05, 3.63) is 11.4 Å². The number of aromatic nitrogens is 3. The van der Waals surface area contributed by atoms with E-state index in [0.29, 0.717) is 11.4 Å². The second kappa shape index (κ2) is 5.79. The number of anilines is 1. The number of piperidine rings is 1. The highest BCUT2D eigenvalue weighted by molar-refractivity contribution is 7.92. The molecule has 2 rings (SSSR count).